The van der Waals surface area contributed by atoms with Gasteiger partial charge in [0.1, 0.15) is 12.2 Å². The van der Waals surface area contributed by atoms with Gasteiger partial charge in [-0.15, -0.1) is 0 Å². The van der Waals surface area contributed by atoms with E-state index in [1.165, 1.54) is 6.92 Å². The van der Waals surface area contributed by atoms with Crippen molar-refractivity contribution in [3.63, 3.8) is 0 Å². The zero-order valence-corrected chi connectivity index (χ0v) is 11.7. The molecule has 0 aromatic heterocycles. The average Bonchev–Trinajstić information content (AvgIpc) is 2.22. The van der Waals surface area contributed by atoms with Crippen LogP contribution in [0, 0.1) is 5.92 Å². The third-order valence-electron chi connectivity index (χ3n) is 3.35. The molecule has 0 radical (unpaired) electrons. The largest absolute Gasteiger partial charge is 0.461 e. The fraction of sp³-hybridized carbons (Fsp3) is 0.750. The summed E-state index contributed by atoms with van der Waals surface area (Å²) in [4.78, 5) is 10.5. The zero-order chi connectivity index (χ0) is 13.2. The molecule has 0 heterocycles. The second-order valence-electron chi connectivity index (χ2n) is 4.82. The normalized spacial score (nSPS) is 37.6. The van der Waals surface area contributed by atoms with E-state index in [1.807, 2.05) is 0 Å². The van der Waals surface area contributed by atoms with E-state index in [-0.39, 0.29) is 23.3 Å². The summed E-state index contributed by atoms with van der Waals surface area (Å²) in [5.74, 6) is -0.293. The van der Waals surface area contributed by atoms with Gasteiger partial charge in [-0.3, -0.25) is 4.79 Å². The Morgan fingerprint density at radius 2 is 2.18 bits per heavy atom. The summed E-state index contributed by atoms with van der Waals surface area (Å²) < 4.78 is 4.88. The van der Waals surface area contributed by atoms with Gasteiger partial charge in [0.25, 0.3) is 0 Å². The van der Waals surface area contributed by atoms with Crippen molar-refractivity contribution in [2.75, 3.05) is 6.61 Å². The van der Waals surface area contributed by atoms with E-state index in [4.69, 9.17) is 4.74 Å². The Balaban J connectivity index is 2.58. The summed E-state index contributed by atoms with van der Waals surface area (Å²) in [6.07, 6.45) is 0.305. The average molecular weight is 307 g/mol. The number of carbonyl (C=O) groups excluding carboxylic acids is 1. The minimum absolute atomic E-state index is 0.0500. The summed E-state index contributed by atoms with van der Waals surface area (Å²) >= 11 is 3.38. The molecule has 1 rings (SSSR count). The van der Waals surface area contributed by atoms with Crippen LogP contribution < -0.4 is 0 Å². The number of ether oxygens (including phenoxy) is 1. The monoisotopic (exact) mass is 306 g/mol. The van der Waals surface area contributed by atoms with Crippen molar-refractivity contribution in [2.24, 2.45) is 5.92 Å². The minimum Gasteiger partial charge on any atom is -0.461 e. The van der Waals surface area contributed by atoms with Gasteiger partial charge in [0.05, 0.1) is 6.10 Å². The lowest BCUT2D eigenvalue weighted by Gasteiger charge is -2.42. The number of rotatable bonds is 3. The molecule has 0 saturated heterocycles. The second kappa shape index (κ2) is 5.50. The predicted octanol–water partition coefficient (Wildman–Crippen LogP) is 1.39. The van der Waals surface area contributed by atoms with Crippen molar-refractivity contribution in [1.29, 1.82) is 0 Å². The van der Waals surface area contributed by atoms with E-state index in [0.29, 0.717) is 12.8 Å². The zero-order valence-electron chi connectivity index (χ0n) is 10.1. The highest BCUT2D eigenvalue weighted by molar-refractivity contribution is 9.09. The van der Waals surface area contributed by atoms with Gasteiger partial charge in [0.15, 0.2) is 0 Å². The molecule has 1 aliphatic carbocycles. The van der Waals surface area contributed by atoms with E-state index in [2.05, 4.69) is 22.5 Å². The number of aliphatic hydroxyl groups is 2. The molecule has 0 aromatic rings. The highest BCUT2D eigenvalue weighted by Crippen LogP contribution is 2.39. The number of hydrogen-bond acceptors (Lipinski definition) is 4. The van der Waals surface area contributed by atoms with Crippen molar-refractivity contribution >= 4 is 21.9 Å². The fourth-order valence-electron chi connectivity index (χ4n) is 1.95. The number of esters is 1. The molecule has 1 aliphatic rings. The first-order valence-corrected chi connectivity index (χ1v) is 6.52. The molecule has 0 aliphatic heterocycles. The second-order valence-corrected chi connectivity index (χ2v) is 5.92. The van der Waals surface area contributed by atoms with Crippen LogP contribution >= 0.6 is 15.9 Å². The summed E-state index contributed by atoms with van der Waals surface area (Å²) in [6.45, 7) is 7.01. The minimum atomic E-state index is -1.13. The molecule has 1 saturated carbocycles. The van der Waals surface area contributed by atoms with Crippen LogP contribution in [0.4, 0.5) is 0 Å². The Labute approximate surface area is 110 Å². The first-order valence-electron chi connectivity index (χ1n) is 5.60. The maximum atomic E-state index is 10.7. The smallest absolute Gasteiger partial charge is 0.302 e. The molecule has 98 valence electrons. The van der Waals surface area contributed by atoms with Crippen LogP contribution in [-0.4, -0.2) is 39.3 Å². The first kappa shape index (κ1) is 14.7. The van der Waals surface area contributed by atoms with Gasteiger partial charge >= 0.3 is 5.97 Å². The van der Waals surface area contributed by atoms with Crippen molar-refractivity contribution in [3.8, 4) is 0 Å². The molecule has 4 atom stereocenters. The van der Waals surface area contributed by atoms with Gasteiger partial charge < -0.3 is 14.9 Å². The summed E-state index contributed by atoms with van der Waals surface area (Å²) in [5.41, 5.74) is -0.350. The Bertz CT molecular complexity index is 300. The van der Waals surface area contributed by atoms with Gasteiger partial charge in [-0.1, -0.05) is 22.5 Å². The molecular formula is C12H19BrO4. The number of hydrogen-bond donors (Lipinski definition) is 2. The molecule has 17 heavy (non-hydrogen) atoms. The Morgan fingerprint density at radius 3 is 2.65 bits per heavy atom. The maximum absolute atomic E-state index is 10.7. The lowest BCUT2D eigenvalue weighted by molar-refractivity contribution is -0.140. The third-order valence-corrected chi connectivity index (χ3v) is 4.65. The predicted molar refractivity (Wildman–Crippen MR) is 67.8 cm³/mol. The SMILES string of the molecule is C=C(COC(C)=O)[C@H]1C[C@@H](O)[C@@](C)(O)[C@H](Br)C1. The molecule has 0 unspecified atom stereocenters. The summed E-state index contributed by atoms with van der Waals surface area (Å²) in [7, 11) is 0. The van der Waals surface area contributed by atoms with Crippen LogP contribution in [0.5, 0.6) is 0 Å². The number of halogens is 1. The van der Waals surface area contributed by atoms with Crippen LogP contribution in [0.3, 0.4) is 0 Å². The van der Waals surface area contributed by atoms with Crippen LogP contribution in [0.15, 0.2) is 12.2 Å². The topological polar surface area (TPSA) is 66.8 Å². The molecular weight excluding hydrogens is 288 g/mol. The van der Waals surface area contributed by atoms with Crippen molar-refractivity contribution < 1.29 is 19.7 Å². The van der Waals surface area contributed by atoms with Crippen LogP contribution in [0.25, 0.3) is 0 Å². The molecule has 5 heteroatoms. The molecule has 2 N–H and O–H groups in total. The Hall–Kier alpha value is -0.390. The standard InChI is InChI=1S/C12H19BrO4/c1-7(6-17-8(2)14)9-4-10(13)12(3,16)11(15)5-9/h9-11,15-16H,1,4-6H2,2-3H3/t9-,10-,11-,12+/m1/s1. The van der Waals surface area contributed by atoms with E-state index < -0.39 is 11.7 Å². The summed E-state index contributed by atoms with van der Waals surface area (Å²) in [6, 6.07) is 0. The Morgan fingerprint density at radius 1 is 1.59 bits per heavy atom. The molecule has 0 aromatic carbocycles. The molecule has 0 bridgehead atoms. The Kier molecular flexibility index (Phi) is 4.75. The van der Waals surface area contributed by atoms with E-state index >= 15 is 0 Å². The maximum Gasteiger partial charge on any atom is 0.302 e. The van der Waals surface area contributed by atoms with Gasteiger partial charge in [-0.25, -0.2) is 0 Å². The van der Waals surface area contributed by atoms with Crippen molar-refractivity contribution in [3.05, 3.63) is 12.2 Å². The molecule has 0 spiro atoms. The number of carbonyl (C=O) groups is 1. The van der Waals surface area contributed by atoms with Crippen molar-refractivity contribution in [1.82, 2.24) is 0 Å². The highest BCUT2D eigenvalue weighted by Gasteiger charge is 2.44. The van der Waals surface area contributed by atoms with Crippen LogP contribution in [0.2, 0.25) is 0 Å². The van der Waals surface area contributed by atoms with E-state index in [0.717, 1.165) is 5.57 Å². The fourth-order valence-corrected chi connectivity index (χ4v) is 2.70. The molecule has 4 nitrogen and oxygen atoms in total. The highest BCUT2D eigenvalue weighted by atomic mass is 79.9. The van der Waals surface area contributed by atoms with Gasteiger partial charge in [0, 0.05) is 11.8 Å². The van der Waals surface area contributed by atoms with Crippen LogP contribution in [-0.2, 0) is 9.53 Å². The number of aliphatic hydroxyl groups excluding tert-OH is 1. The number of alkyl halides is 1. The van der Waals surface area contributed by atoms with Gasteiger partial charge in [-0.2, -0.15) is 0 Å². The lowest BCUT2D eigenvalue weighted by atomic mass is 9.75. The molecule has 1 fully saturated rings. The quantitative estimate of drug-likeness (QED) is 0.470. The van der Waals surface area contributed by atoms with E-state index in [1.54, 1.807) is 6.92 Å². The summed E-state index contributed by atoms with van der Waals surface area (Å²) in [5, 5.41) is 19.9. The van der Waals surface area contributed by atoms with E-state index in [9.17, 15) is 15.0 Å². The van der Waals surface area contributed by atoms with Crippen LogP contribution in [0.1, 0.15) is 26.7 Å². The van der Waals surface area contributed by atoms with Gasteiger partial charge in [0.2, 0.25) is 0 Å². The van der Waals surface area contributed by atoms with Gasteiger partial charge in [-0.05, 0) is 31.3 Å². The van der Waals surface area contributed by atoms with Crippen molar-refractivity contribution in [2.45, 2.75) is 43.2 Å². The first-order chi connectivity index (χ1) is 7.75. The third kappa shape index (κ3) is 3.53. The lowest BCUT2D eigenvalue weighted by Crippen LogP contribution is -2.52. The molecule has 0 amide bonds.